The predicted octanol–water partition coefficient (Wildman–Crippen LogP) is 6.03. The SMILES string of the molecule is CC(C)(C)c1nc2ccc(Cl)c(S(=O)(=O)N3CCN(C(=O)OCC4c5ccccc5-c5ccccc54)CC3)c2o1. The lowest BCUT2D eigenvalue weighted by atomic mass is 9.97. The van der Waals surface area contributed by atoms with Crippen LogP contribution in [0.25, 0.3) is 22.2 Å². The summed E-state index contributed by atoms with van der Waals surface area (Å²) in [7, 11) is -4.00. The Bertz CT molecular complexity index is 1670. The fraction of sp³-hybridized carbons (Fsp3) is 0.333. The Balaban J connectivity index is 1.15. The average Bonchev–Trinajstić information content (AvgIpc) is 3.51. The molecule has 2 aliphatic rings. The highest BCUT2D eigenvalue weighted by molar-refractivity contribution is 7.89. The molecule has 4 aromatic rings. The summed E-state index contributed by atoms with van der Waals surface area (Å²) < 4.78 is 40.4. The number of hydrogen-bond acceptors (Lipinski definition) is 6. The second-order valence-electron chi connectivity index (χ2n) is 11.2. The van der Waals surface area contributed by atoms with Crippen molar-refractivity contribution >= 4 is 38.8 Å². The minimum atomic E-state index is -4.00. The van der Waals surface area contributed by atoms with E-state index in [-0.39, 0.29) is 54.2 Å². The van der Waals surface area contributed by atoms with Crippen LogP contribution in [0.15, 0.2) is 70.0 Å². The van der Waals surface area contributed by atoms with Crippen molar-refractivity contribution in [3.8, 4) is 11.1 Å². The zero-order valence-corrected chi connectivity index (χ0v) is 24.1. The Morgan fingerprint density at radius 3 is 2.17 bits per heavy atom. The molecule has 0 unspecified atom stereocenters. The standard InChI is InChI=1S/C30H30ClN3O5S/c1-30(2,3)28-32-25-13-12-24(31)27(26(25)39-28)40(36,37)34-16-14-33(15-17-34)29(35)38-18-23-21-10-6-4-8-19(21)20-9-5-7-11-22(20)23/h4-13,23H,14-18H2,1-3H3. The van der Waals surface area contributed by atoms with Gasteiger partial charge < -0.3 is 14.1 Å². The lowest BCUT2D eigenvalue weighted by Crippen LogP contribution is -2.50. The smallest absolute Gasteiger partial charge is 0.409 e. The number of benzene rings is 3. The van der Waals surface area contributed by atoms with E-state index in [1.54, 1.807) is 11.0 Å². The zero-order chi connectivity index (χ0) is 28.2. The molecule has 6 rings (SSSR count). The summed E-state index contributed by atoms with van der Waals surface area (Å²) in [6.07, 6.45) is -0.455. The van der Waals surface area contributed by atoms with Gasteiger partial charge in [0.25, 0.3) is 0 Å². The van der Waals surface area contributed by atoms with Gasteiger partial charge in [-0.3, -0.25) is 0 Å². The average molecular weight is 580 g/mol. The molecule has 0 N–H and O–H groups in total. The summed E-state index contributed by atoms with van der Waals surface area (Å²) in [5, 5.41) is 0.0723. The van der Waals surface area contributed by atoms with Crippen LogP contribution >= 0.6 is 11.6 Å². The number of oxazole rings is 1. The maximum atomic E-state index is 13.7. The Hall–Kier alpha value is -3.40. The van der Waals surface area contributed by atoms with Crippen molar-refractivity contribution in [1.29, 1.82) is 0 Å². The topological polar surface area (TPSA) is 93.0 Å². The normalized spacial score (nSPS) is 16.2. The molecule has 1 saturated heterocycles. The molecule has 3 aromatic carbocycles. The van der Waals surface area contributed by atoms with Crippen LogP contribution in [0.4, 0.5) is 4.79 Å². The van der Waals surface area contributed by atoms with Crippen LogP contribution in [-0.4, -0.2) is 61.5 Å². The third kappa shape index (κ3) is 4.56. The van der Waals surface area contributed by atoms with Crippen molar-refractivity contribution in [2.75, 3.05) is 32.8 Å². The minimum absolute atomic E-state index is 0.0412. The number of nitrogens with zero attached hydrogens (tertiary/aromatic N) is 3. The Labute approximate surface area is 238 Å². The van der Waals surface area contributed by atoms with E-state index in [1.165, 1.54) is 10.4 Å². The molecule has 0 spiro atoms. The number of rotatable bonds is 4. The number of carbonyl (C=O) groups excluding carboxylic acids is 1. The van der Waals surface area contributed by atoms with Crippen molar-refractivity contribution in [3.05, 3.63) is 82.7 Å². The second kappa shape index (κ2) is 9.90. The summed E-state index contributed by atoms with van der Waals surface area (Å²) in [4.78, 5) is 19.0. The van der Waals surface area contributed by atoms with Gasteiger partial charge in [-0.25, -0.2) is 18.2 Å². The van der Waals surface area contributed by atoms with Gasteiger partial charge in [0.05, 0.1) is 5.02 Å². The van der Waals surface area contributed by atoms with Gasteiger partial charge in [-0.2, -0.15) is 4.31 Å². The first-order valence-corrected chi connectivity index (χ1v) is 15.1. The highest BCUT2D eigenvalue weighted by Crippen LogP contribution is 2.44. The molecule has 1 aromatic heterocycles. The molecule has 0 radical (unpaired) electrons. The number of sulfonamides is 1. The molecule has 1 fully saturated rings. The van der Waals surface area contributed by atoms with Crippen LogP contribution in [-0.2, 0) is 20.2 Å². The van der Waals surface area contributed by atoms with Crippen molar-refractivity contribution < 1.29 is 22.4 Å². The third-order valence-electron chi connectivity index (χ3n) is 7.54. The van der Waals surface area contributed by atoms with Gasteiger partial charge in [0.15, 0.2) is 5.58 Å². The van der Waals surface area contributed by atoms with E-state index >= 15 is 0 Å². The first kappa shape index (κ1) is 26.8. The number of halogens is 1. The molecule has 0 saturated carbocycles. The molecular weight excluding hydrogens is 550 g/mol. The molecule has 10 heteroatoms. The molecule has 8 nitrogen and oxygen atoms in total. The summed E-state index contributed by atoms with van der Waals surface area (Å²) >= 11 is 6.41. The fourth-order valence-electron chi connectivity index (χ4n) is 5.43. The highest BCUT2D eigenvalue weighted by atomic mass is 35.5. The Kier molecular flexibility index (Phi) is 6.64. The molecule has 1 amide bonds. The molecule has 0 bridgehead atoms. The molecule has 40 heavy (non-hydrogen) atoms. The van der Waals surface area contributed by atoms with Gasteiger partial charge >= 0.3 is 6.09 Å². The van der Waals surface area contributed by atoms with Gasteiger partial charge in [-0.15, -0.1) is 0 Å². The van der Waals surface area contributed by atoms with E-state index in [9.17, 15) is 13.2 Å². The van der Waals surface area contributed by atoms with E-state index in [0.717, 1.165) is 22.3 Å². The molecule has 1 aliphatic heterocycles. The fourth-order valence-corrected chi connectivity index (χ4v) is 7.47. The Morgan fingerprint density at radius 1 is 0.975 bits per heavy atom. The summed E-state index contributed by atoms with van der Waals surface area (Å²) in [6, 6.07) is 19.5. The summed E-state index contributed by atoms with van der Waals surface area (Å²) in [5.74, 6) is 0.391. The summed E-state index contributed by atoms with van der Waals surface area (Å²) in [5.41, 5.74) is 4.78. The van der Waals surface area contributed by atoms with E-state index < -0.39 is 21.5 Å². The van der Waals surface area contributed by atoms with Crippen LogP contribution in [0.5, 0.6) is 0 Å². The van der Waals surface area contributed by atoms with Gasteiger partial charge in [0.1, 0.15) is 17.0 Å². The highest BCUT2D eigenvalue weighted by Gasteiger charge is 2.36. The zero-order valence-electron chi connectivity index (χ0n) is 22.6. The van der Waals surface area contributed by atoms with E-state index in [0.29, 0.717) is 11.4 Å². The van der Waals surface area contributed by atoms with E-state index in [1.807, 2.05) is 45.0 Å². The van der Waals surface area contributed by atoms with E-state index in [2.05, 4.69) is 29.2 Å². The number of amides is 1. The lowest BCUT2D eigenvalue weighted by Gasteiger charge is -2.33. The molecule has 0 atom stereocenters. The maximum absolute atomic E-state index is 13.7. The lowest BCUT2D eigenvalue weighted by molar-refractivity contribution is 0.0871. The number of fused-ring (bicyclic) bond motifs is 4. The maximum Gasteiger partial charge on any atom is 0.409 e. The first-order chi connectivity index (χ1) is 19.1. The second-order valence-corrected chi connectivity index (χ2v) is 13.5. The number of carbonyl (C=O) groups is 1. The van der Waals surface area contributed by atoms with Crippen LogP contribution in [0.1, 0.15) is 43.7 Å². The largest absolute Gasteiger partial charge is 0.448 e. The number of piperazine rings is 1. The van der Waals surface area contributed by atoms with Gasteiger partial charge in [-0.1, -0.05) is 80.9 Å². The van der Waals surface area contributed by atoms with Crippen LogP contribution < -0.4 is 0 Å². The van der Waals surface area contributed by atoms with Crippen LogP contribution in [0.2, 0.25) is 5.02 Å². The monoisotopic (exact) mass is 579 g/mol. The quantitative estimate of drug-likeness (QED) is 0.293. The number of ether oxygens (including phenoxy) is 1. The number of aromatic nitrogens is 1. The van der Waals surface area contributed by atoms with Gasteiger partial charge in [0.2, 0.25) is 15.9 Å². The minimum Gasteiger partial charge on any atom is -0.448 e. The van der Waals surface area contributed by atoms with Crippen molar-refractivity contribution in [1.82, 2.24) is 14.2 Å². The van der Waals surface area contributed by atoms with Gasteiger partial charge in [0, 0.05) is 37.5 Å². The van der Waals surface area contributed by atoms with Crippen molar-refractivity contribution in [3.63, 3.8) is 0 Å². The summed E-state index contributed by atoms with van der Waals surface area (Å²) in [6.45, 7) is 6.66. The predicted molar refractivity (Wildman–Crippen MR) is 153 cm³/mol. The van der Waals surface area contributed by atoms with Crippen LogP contribution in [0, 0.1) is 0 Å². The van der Waals surface area contributed by atoms with Crippen molar-refractivity contribution in [2.24, 2.45) is 0 Å². The van der Waals surface area contributed by atoms with Crippen molar-refractivity contribution in [2.45, 2.75) is 37.0 Å². The third-order valence-corrected chi connectivity index (χ3v) is 9.93. The Morgan fingerprint density at radius 2 is 1.57 bits per heavy atom. The molecule has 208 valence electrons. The molecule has 2 heterocycles. The molecular formula is C30H30ClN3O5S. The van der Waals surface area contributed by atoms with Crippen LogP contribution in [0.3, 0.4) is 0 Å². The van der Waals surface area contributed by atoms with Gasteiger partial charge in [-0.05, 0) is 34.4 Å². The number of hydrogen-bond donors (Lipinski definition) is 0. The molecule has 1 aliphatic carbocycles. The van der Waals surface area contributed by atoms with E-state index in [4.69, 9.17) is 20.8 Å². The first-order valence-electron chi connectivity index (χ1n) is 13.3.